The van der Waals surface area contributed by atoms with Crippen molar-refractivity contribution in [2.45, 2.75) is 44.6 Å². The highest BCUT2D eigenvalue weighted by atomic mass is 16.5. The van der Waals surface area contributed by atoms with Crippen LogP contribution >= 0.6 is 0 Å². The number of carbonyl (C=O) groups excluding carboxylic acids is 2. The highest BCUT2D eigenvalue weighted by molar-refractivity contribution is 5.81. The van der Waals surface area contributed by atoms with Crippen molar-refractivity contribution in [3.63, 3.8) is 0 Å². The molecule has 1 saturated carbocycles. The molecule has 3 rings (SSSR count). The van der Waals surface area contributed by atoms with Gasteiger partial charge in [0.25, 0.3) is 0 Å². The number of ether oxygens (including phenoxy) is 1. The molecule has 130 valence electrons. The van der Waals surface area contributed by atoms with Gasteiger partial charge < -0.3 is 15.0 Å². The van der Waals surface area contributed by atoms with Gasteiger partial charge in [-0.3, -0.25) is 9.59 Å². The summed E-state index contributed by atoms with van der Waals surface area (Å²) in [6.45, 7) is 1.41. The maximum absolute atomic E-state index is 12.6. The predicted molar refractivity (Wildman–Crippen MR) is 91.6 cm³/mol. The SMILES string of the molecule is COc1cccc(C2CCCN2C(=O)CCCNC(=O)C2CC2)c1. The van der Waals surface area contributed by atoms with Crippen LogP contribution in [0.15, 0.2) is 24.3 Å². The Morgan fingerprint density at radius 1 is 1.29 bits per heavy atom. The molecule has 0 aromatic heterocycles. The lowest BCUT2D eigenvalue weighted by molar-refractivity contribution is -0.132. The first-order chi connectivity index (χ1) is 11.7. The standard InChI is InChI=1S/C19H26N2O3/c1-24-16-6-2-5-15(13-16)17-7-4-12-21(17)18(22)8-3-11-20-19(23)14-9-10-14/h2,5-6,13-14,17H,3-4,7-12H2,1H3,(H,20,23). The maximum Gasteiger partial charge on any atom is 0.223 e. The second kappa shape index (κ2) is 7.69. The molecule has 0 bridgehead atoms. The third-order valence-corrected chi connectivity index (χ3v) is 4.87. The van der Waals surface area contributed by atoms with Crippen LogP contribution in [0.1, 0.15) is 50.1 Å². The number of hydrogen-bond donors (Lipinski definition) is 1. The average molecular weight is 330 g/mol. The van der Waals surface area contributed by atoms with Gasteiger partial charge in [-0.15, -0.1) is 0 Å². The number of likely N-dealkylation sites (tertiary alicyclic amines) is 1. The maximum atomic E-state index is 12.6. The Morgan fingerprint density at radius 3 is 2.88 bits per heavy atom. The van der Waals surface area contributed by atoms with Crippen LogP contribution in [0.25, 0.3) is 0 Å². The van der Waals surface area contributed by atoms with E-state index in [1.165, 1.54) is 0 Å². The molecule has 1 heterocycles. The summed E-state index contributed by atoms with van der Waals surface area (Å²) in [4.78, 5) is 26.1. The number of benzene rings is 1. The van der Waals surface area contributed by atoms with Crippen LogP contribution in [0.2, 0.25) is 0 Å². The zero-order chi connectivity index (χ0) is 16.9. The van der Waals surface area contributed by atoms with Crippen molar-refractivity contribution in [1.82, 2.24) is 10.2 Å². The van der Waals surface area contributed by atoms with Gasteiger partial charge in [0.1, 0.15) is 5.75 Å². The fraction of sp³-hybridized carbons (Fsp3) is 0.579. The number of amides is 2. The summed E-state index contributed by atoms with van der Waals surface area (Å²) >= 11 is 0. The van der Waals surface area contributed by atoms with E-state index in [0.29, 0.717) is 19.4 Å². The number of carbonyl (C=O) groups is 2. The largest absolute Gasteiger partial charge is 0.497 e. The molecule has 1 unspecified atom stereocenters. The van der Waals surface area contributed by atoms with Crippen molar-refractivity contribution in [3.05, 3.63) is 29.8 Å². The first-order valence-electron chi connectivity index (χ1n) is 8.90. The third-order valence-electron chi connectivity index (χ3n) is 4.87. The van der Waals surface area contributed by atoms with Gasteiger partial charge in [0.05, 0.1) is 13.2 Å². The van der Waals surface area contributed by atoms with Gasteiger partial charge >= 0.3 is 0 Å². The van der Waals surface area contributed by atoms with E-state index in [4.69, 9.17) is 4.74 Å². The van der Waals surface area contributed by atoms with Gasteiger partial charge in [0.2, 0.25) is 11.8 Å². The summed E-state index contributed by atoms with van der Waals surface area (Å²) in [6, 6.07) is 8.13. The lowest BCUT2D eigenvalue weighted by Gasteiger charge is -2.25. The molecule has 1 aromatic carbocycles. The topological polar surface area (TPSA) is 58.6 Å². The molecule has 24 heavy (non-hydrogen) atoms. The molecule has 1 saturated heterocycles. The fourth-order valence-electron chi connectivity index (χ4n) is 3.35. The van der Waals surface area contributed by atoms with Crippen molar-refractivity contribution in [1.29, 1.82) is 0 Å². The zero-order valence-electron chi connectivity index (χ0n) is 14.3. The number of methoxy groups -OCH3 is 1. The molecule has 5 nitrogen and oxygen atoms in total. The second-order valence-electron chi connectivity index (χ2n) is 6.69. The van der Waals surface area contributed by atoms with Crippen LogP contribution in [0.3, 0.4) is 0 Å². The van der Waals surface area contributed by atoms with Gasteiger partial charge in [0.15, 0.2) is 0 Å². The van der Waals surface area contributed by atoms with Crippen molar-refractivity contribution in [2.24, 2.45) is 5.92 Å². The van der Waals surface area contributed by atoms with E-state index in [2.05, 4.69) is 11.4 Å². The fourth-order valence-corrected chi connectivity index (χ4v) is 3.35. The summed E-state index contributed by atoms with van der Waals surface area (Å²) in [7, 11) is 1.66. The predicted octanol–water partition coefficient (Wildman–Crippen LogP) is 2.67. The Balaban J connectivity index is 1.50. The zero-order valence-corrected chi connectivity index (χ0v) is 14.3. The summed E-state index contributed by atoms with van der Waals surface area (Å²) in [5.74, 6) is 1.39. The van der Waals surface area contributed by atoms with Crippen molar-refractivity contribution < 1.29 is 14.3 Å². The Hall–Kier alpha value is -2.04. The molecular weight excluding hydrogens is 304 g/mol. The summed E-state index contributed by atoms with van der Waals surface area (Å²) in [5.41, 5.74) is 1.14. The Bertz CT molecular complexity index is 598. The lowest BCUT2D eigenvalue weighted by Crippen LogP contribution is -2.32. The van der Waals surface area contributed by atoms with E-state index < -0.39 is 0 Å². The van der Waals surface area contributed by atoms with Crippen LogP contribution < -0.4 is 10.1 Å². The van der Waals surface area contributed by atoms with E-state index in [-0.39, 0.29) is 23.8 Å². The number of rotatable bonds is 7. The number of hydrogen-bond acceptors (Lipinski definition) is 3. The van der Waals surface area contributed by atoms with E-state index in [9.17, 15) is 9.59 Å². The summed E-state index contributed by atoms with van der Waals surface area (Å²) in [5, 5.41) is 2.92. The lowest BCUT2D eigenvalue weighted by atomic mass is 10.0. The molecule has 1 atom stereocenters. The molecule has 2 fully saturated rings. The summed E-state index contributed by atoms with van der Waals surface area (Å²) in [6.07, 6.45) is 5.26. The first-order valence-corrected chi connectivity index (χ1v) is 8.90. The second-order valence-corrected chi connectivity index (χ2v) is 6.69. The molecule has 2 amide bonds. The first kappa shape index (κ1) is 16.8. The van der Waals surface area contributed by atoms with Crippen LogP contribution in [0.5, 0.6) is 5.75 Å². The molecule has 1 N–H and O–H groups in total. The number of nitrogens with zero attached hydrogens (tertiary/aromatic N) is 1. The Kier molecular flexibility index (Phi) is 5.38. The molecule has 1 aliphatic carbocycles. The molecular formula is C19H26N2O3. The minimum absolute atomic E-state index is 0.147. The number of nitrogens with one attached hydrogen (secondary N) is 1. The quantitative estimate of drug-likeness (QED) is 0.782. The van der Waals surface area contributed by atoms with Crippen LogP contribution in [0, 0.1) is 5.92 Å². The van der Waals surface area contributed by atoms with Crippen molar-refractivity contribution in [3.8, 4) is 5.75 Å². The molecule has 0 radical (unpaired) electrons. The highest BCUT2D eigenvalue weighted by Gasteiger charge is 2.30. The van der Waals surface area contributed by atoms with Gasteiger partial charge in [-0.05, 0) is 49.8 Å². The Morgan fingerprint density at radius 2 is 2.12 bits per heavy atom. The van der Waals surface area contributed by atoms with Crippen molar-refractivity contribution in [2.75, 3.05) is 20.2 Å². The van der Waals surface area contributed by atoms with Crippen LogP contribution in [0.4, 0.5) is 0 Å². The Labute approximate surface area is 143 Å². The van der Waals surface area contributed by atoms with Crippen LogP contribution in [-0.2, 0) is 9.59 Å². The smallest absolute Gasteiger partial charge is 0.223 e. The van der Waals surface area contributed by atoms with Gasteiger partial charge in [-0.2, -0.15) is 0 Å². The van der Waals surface area contributed by atoms with E-state index in [1.807, 2.05) is 23.1 Å². The average Bonchev–Trinajstić information content (AvgIpc) is 3.35. The molecule has 5 heteroatoms. The third kappa shape index (κ3) is 4.08. The normalized spacial score (nSPS) is 20.0. The van der Waals surface area contributed by atoms with E-state index in [1.54, 1.807) is 7.11 Å². The van der Waals surface area contributed by atoms with E-state index >= 15 is 0 Å². The minimum atomic E-state index is 0.147. The van der Waals surface area contributed by atoms with E-state index in [0.717, 1.165) is 43.5 Å². The van der Waals surface area contributed by atoms with Crippen molar-refractivity contribution >= 4 is 11.8 Å². The van der Waals surface area contributed by atoms with Crippen LogP contribution in [-0.4, -0.2) is 36.9 Å². The molecule has 1 aromatic rings. The minimum Gasteiger partial charge on any atom is -0.497 e. The highest BCUT2D eigenvalue weighted by Crippen LogP contribution is 2.34. The van der Waals surface area contributed by atoms with Gasteiger partial charge in [-0.1, -0.05) is 12.1 Å². The molecule has 1 aliphatic heterocycles. The monoisotopic (exact) mass is 330 g/mol. The molecule has 0 spiro atoms. The van der Waals surface area contributed by atoms with Gasteiger partial charge in [0, 0.05) is 25.4 Å². The van der Waals surface area contributed by atoms with Gasteiger partial charge in [-0.25, -0.2) is 0 Å². The summed E-state index contributed by atoms with van der Waals surface area (Å²) < 4.78 is 5.29. The molecule has 2 aliphatic rings.